The molecule has 1 amide bonds. The van der Waals surface area contributed by atoms with Gasteiger partial charge >= 0.3 is 5.97 Å². The van der Waals surface area contributed by atoms with E-state index in [9.17, 15) is 9.59 Å². The van der Waals surface area contributed by atoms with E-state index < -0.39 is 11.9 Å². The van der Waals surface area contributed by atoms with Gasteiger partial charge in [-0.1, -0.05) is 17.7 Å². The molecular weight excluding hydrogens is 348 g/mol. The number of aromatic carboxylic acids is 1. The third-order valence-electron chi connectivity index (χ3n) is 2.47. The van der Waals surface area contributed by atoms with E-state index in [-0.39, 0.29) is 16.3 Å². The van der Waals surface area contributed by atoms with Crippen LogP contribution in [0, 0.1) is 0 Å². The number of amides is 1. The summed E-state index contributed by atoms with van der Waals surface area (Å²) < 4.78 is 0.595. The number of aromatic nitrogens is 1. The van der Waals surface area contributed by atoms with Gasteiger partial charge in [0.25, 0.3) is 5.91 Å². The van der Waals surface area contributed by atoms with Crippen molar-refractivity contribution in [3.63, 3.8) is 0 Å². The van der Waals surface area contributed by atoms with Gasteiger partial charge in [0.15, 0.2) is 0 Å². The Balaban J connectivity index is 2.32. The summed E-state index contributed by atoms with van der Waals surface area (Å²) in [7, 11) is 0. The molecule has 2 aromatic rings. The fourth-order valence-corrected chi connectivity index (χ4v) is 1.98. The molecule has 0 spiro atoms. The minimum absolute atomic E-state index is 0.0644. The third kappa shape index (κ3) is 3.15. The second-order valence-corrected chi connectivity index (χ2v) is 5.01. The van der Waals surface area contributed by atoms with Crippen LogP contribution in [0.1, 0.15) is 20.7 Å². The van der Waals surface area contributed by atoms with Crippen molar-refractivity contribution in [2.24, 2.45) is 0 Å². The molecule has 0 aliphatic rings. The number of hydrogen-bond donors (Lipinski definition) is 2. The molecule has 0 radical (unpaired) electrons. The molecule has 0 saturated heterocycles. The summed E-state index contributed by atoms with van der Waals surface area (Å²) in [6, 6.07) is 7.54. The normalized spacial score (nSPS) is 10.1. The zero-order valence-electron chi connectivity index (χ0n) is 9.93. The first-order valence-corrected chi connectivity index (χ1v) is 6.61. The Hall–Kier alpha value is -1.92. The Kier molecular flexibility index (Phi) is 4.36. The van der Waals surface area contributed by atoms with Crippen molar-refractivity contribution >= 4 is 45.1 Å². The lowest BCUT2D eigenvalue weighted by molar-refractivity contribution is 0.0698. The average Bonchev–Trinajstić information content (AvgIpc) is 2.41. The molecule has 0 fully saturated rings. The van der Waals surface area contributed by atoms with Gasteiger partial charge in [0.2, 0.25) is 0 Å². The number of rotatable bonds is 3. The van der Waals surface area contributed by atoms with Crippen LogP contribution in [-0.4, -0.2) is 22.0 Å². The van der Waals surface area contributed by atoms with Crippen LogP contribution in [0.2, 0.25) is 5.02 Å². The maximum absolute atomic E-state index is 12.0. The summed E-state index contributed by atoms with van der Waals surface area (Å²) in [6.45, 7) is 0. The van der Waals surface area contributed by atoms with Crippen molar-refractivity contribution in [3.05, 3.63) is 57.3 Å². The van der Waals surface area contributed by atoms with Crippen LogP contribution < -0.4 is 5.32 Å². The molecule has 1 aromatic carbocycles. The molecule has 0 bridgehead atoms. The van der Waals surface area contributed by atoms with Gasteiger partial charge in [0.1, 0.15) is 4.60 Å². The number of carboxylic acids is 1. The number of carbonyl (C=O) groups excluding carboxylic acids is 1. The summed E-state index contributed by atoms with van der Waals surface area (Å²) in [6.07, 6.45) is 1.37. The SMILES string of the molecule is O=C(Nc1c(Cl)cccc1C(=O)O)c1ccc(Br)nc1. The molecule has 102 valence electrons. The van der Waals surface area contributed by atoms with E-state index in [0.29, 0.717) is 10.2 Å². The predicted molar refractivity (Wildman–Crippen MR) is 78.3 cm³/mol. The van der Waals surface area contributed by atoms with Crippen LogP contribution in [0.5, 0.6) is 0 Å². The quantitative estimate of drug-likeness (QED) is 0.827. The van der Waals surface area contributed by atoms with E-state index in [1.54, 1.807) is 12.1 Å². The third-order valence-corrected chi connectivity index (χ3v) is 3.26. The summed E-state index contributed by atoms with van der Waals surface area (Å²) in [5, 5.41) is 11.7. The Morgan fingerprint density at radius 3 is 2.60 bits per heavy atom. The van der Waals surface area contributed by atoms with E-state index in [0.717, 1.165) is 0 Å². The zero-order valence-corrected chi connectivity index (χ0v) is 12.3. The van der Waals surface area contributed by atoms with Crippen LogP contribution in [0.15, 0.2) is 41.1 Å². The largest absolute Gasteiger partial charge is 0.478 e. The molecule has 5 nitrogen and oxygen atoms in total. The van der Waals surface area contributed by atoms with Crippen LogP contribution in [0.3, 0.4) is 0 Å². The Labute approximate surface area is 127 Å². The lowest BCUT2D eigenvalue weighted by atomic mass is 10.1. The highest BCUT2D eigenvalue weighted by molar-refractivity contribution is 9.10. The fourth-order valence-electron chi connectivity index (χ4n) is 1.53. The molecule has 0 atom stereocenters. The number of anilines is 1. The summed E-state index contributed by atoms with van der Waals surface area (Å²) in [4.78, 5) is 27.1. The standard InChI is InChI=1S/C13H8BrClN2O3/c14-10-5-4-7(6-16-10)12(18)17-11-8(13(19)20)2-1-3-9(11)15/h1-6H,(H,17,18)(H,19,20). The molecule has 20 heavy (non-hydrogen) atoms. The number of nitrogens with one attached hydrogen (secondary N) is 1. The first-order valence-electron chi connectivity index (χ1n) is 5.44. The topological polar surface area (TPSA) is 79.3 Å². The van der Waals surface area contributed by atoms with Gasteiger partial charge in [0.05, 0.1) is 21.8 Å². The van der Waals surface area contributed by atoms with Crippen LogP contribution in [0.4, 0.5) is 5.69 Å². The number of hydrogen-bond acceptors (Lipinski definition) is 3. The predicted octanol–water partition coefficient (Wildman–Crippen LogP) is 3.45. The summed E-state index contributed by atoms with van der Waals surface area (Å²) in [5.41, 5.74) is 0.287. The van der Waals surface area contributed by atoms with Gasteiger partial charge in [-0.3, -0.25) is 4.79 Å². The summed E-state index contributed by atoms with van der Waals surface area (Å²) in [5.74, 6) is -1.66. The first-order chi connectivity index (χ1) is 9.49. The van der Waals surface area contributed by atoms with E-state index >= 15 is 0 Å². The molecule has 0 saturated carbocycles. The molecule has 0 aliphatic carbocycles. The second-order valence-electron chi connectivity index (χ2n) is 3.79. The minimum Gasteiger partial charge on any atom is -0.478 e. The maximum Gasteiger partial charge on any atom is 0.337 e. The number of carbonyl (C=O) groups is 2. The van der Waals surface area contributed by atoms with E-state index in [4.69, 9.17) is 16.7 Å². The van der Waals surface area contributed by atoms with Gasteiger partial charge < -0.3 is 10.4 Å². The number of carboxylic acid groups (broad SMARTS) is 1. The van der Waals surface area contributed by atoms with Crippen molar-refractivity contribution in [1.29, 1.82) is 0 Å². The van der Waals surface area contributed by atoms with Crippen molar-refractivity contribution in [2.45, 2.75) is 0 Å². The Morgan fingerprint density at radius 2 is 2.00 bits per heavy atom. The molecule has 0 aliphatic heterocycles. The Morgan fingerprint density at radius 1 is 1.25 bits per heavy atom. The molecule has 1 heterocycles. The highest BCUT2D eigenvalue weighted by atomic mass is 79.9. The van der Waals surface area contributed by atoms with Gasteiger partial charge in [-0.15, -0.1) is 0 Å². The zero-order chi connectivity index (χ0) is 14.7. The van der Waals surface area contributed by atoms with Crippen LogP contribution in [0.25, 0.3) is 0 Å². The van der Waals surface area contributed by atoms with Crippen LogP contribution >= 0.6 is 27.5 Å². The van der Waals surface area contributed by atoms with E-state index in [2.05, 4.69) is 26.2 Å². The second kappa shape index (κ2) is 6.02. The molecule has 0 unspecified atom stereocenters. The molecule has 2 rings (SSSR count). The van der Waals surface area contributed by atoms with Gasteiger partial charge in [-0.25, -0.2) is 9.78 Å². The number of pyridine rings is 1. The first kappa shape index (κ1) is 14.5. The highest BCUT2D eigenvalue weighted by Gasteiger charge is 2.16. The average molecular weight is 356 g/mol. The lowest BCUT2D eigenvalue weighted by Crippen LogP contribution is -2.15. The lowest BCUT2D eigenvalue weighted by Gasteiger charge is -2.10. The molecule has 7 heteroatoms. The smallest absolute Gasteiger partial charge is 0.337 e. The van der Waals surface area contributed by atoms with Crippen molar-refractivity contribution in [1.82, 2.24) is 4.98 Å². The van der Waals surface area contributed by atoms with E-state index in [1.807, 2.05) is 0 Å². The minimum atomic E-state index is -1.17. The van der Waals surface area contributed by atoms with Gasteiger partial charge in [-0.05, 0) is 40.2 Å². The van der Waals surface area contributed by atoms with Crippen molar-refractivity contribution in [3.8, 4) is 0 Å². The monoisotopic (exact) mass is 354 g/mol. The number of halogens is 2. The van der Waals surface area contributed by atoms with Crippen molar-refractivity contribution in [2.75, 3.05) is 5.32 Å². The number of nitrogens with zero attached hydrogens (tertiary/aromatic N) is 1. The number of para-hydroxylation sites is 1. The fraction of sp³-hybridized carbons (Fsp3) is 0. The van der Waals surface area contributed by atoms with Gasteiger partial charge in [0, 0.05) is 6.20 Å². The maximum atomic E-state index is 12.0. The number of benzene rings is 1. The van der Waals surface area contributed by atoms with Gasteiger partial charge in [-0.2, -0.15) is 0 Å². The van der Waals surface area contributed by atoms with E-state index in [1.165, 1.54) is 24.4 Å². The Bertz CT molecular complexity index is 674. The van der Waals surface area contributed by atoms with Crippen molar-refractivity contribution < 1.29 is 14.7 Å². The van der Waals surface area contributed by atoms with Crippen LogP contribution in [-0.2, 0) is 0 Å². The molecule has 1 aromatic heterocycles. The molecular formula is C13H8BrClN2O3. The molecule has 2 N–H and O–H groups in total. The highest BCUT2D eigenvalue weighted by Crippen LogP contribution is 2.26. The summed E-state index contributed by atoms with van der Waals surface area (Å²) >= 11 is 9.09.